The van der Waals surface area contributed by atoms with Gasteiger partial charge in [-0.3, -0.25) is 19.4 Å². The Kier molecular flexibility index (Phi) is 5.38. The molecule has 8 heteroatoms. The minimum atomic E-state index is -1.08. The summed E-state index contributed by atoms with van der Waals surface area (Å²) in [5.41, 5.74) is 6.08. The zero-order valence-electron chi connectivity index (χ0n) is 21.5. The lowest BCUT2D eigenvalue weighted by Crippen LogP contribution is -2.54. The van der Waals surface area contributed by atoms with Crippen molar-refractivity contribution in [2.45, 2.75) is 11.3 Å². The van der Waals surface area contributed by atoms with Gasteiger partial charge in [0.15, 0.2) is 0 Å². The lowest BCUT2D eigenvalue weighted by atomic mass is 9.47. The molecule has 3 aliphatic carbocycles. The first-order valence-corrected chi connectivity index (χ1v) is 13.0. The van der Waals surface area contributed by atoms with Crippen LogP contribution in [0.15, 0.2) is 102 Å². The number of ether oxygens (including phenoxy) is 1. The molecule has 1 saturated heterocycles. The van der Waals surface area contributed by atoms with E-state index in [2.05, 4.69) is 15.5 Å². The smallest absolute Gasteiger partial charge is 0.272 e. The molecule has 1 aliphatic heterocycles. The molecule has 8 rings (SSSR count). The minimum Gasteiger partial charge on any atom is -0.495 e. The number of aromatic nitrogens is 1. The Morgan fingerprint density at radius 1 is 0.925 bits per heavy atom. The minimum absolute atomic E-state index is 0.273. The van der Waals surface area contributed by atoms with Gasteiger partial charge in [0, 0.05) is 24.5 Å². The fourth-order valence-electron chi connectivity index (χ4n) is 6.86. The number of imide groups is 1. The molecule has 8 nitrogen and oxygen atoms in total. The third-order valence-electron chi connectivity index (χ3n) is 8.37. The van der Waals surface area contributed by atoms with E-state index in [1.54, 1.807) is 48.8 Å². The molecule has 0 radical (unpaired) electrons. The fourth-order valence-corrected chi connectivity index (χ4v) is 6.86. The van der Waals surface area contributed by atoms with Crippen LogP contribution in [0.25, 0.3) is 0 Å². The van der Waals surface area contributed by atoms with Crippen molar-refractivity contribution in [1.82, 2.24) is 10.4 Å². The van der Waals surface area contributed by atoms with Crippen molar-refractivity contribution in [3.8, 4) is 5.75 Å². The highest BCUT2D eigenvalue weighted by atomic mass is 16.5. The van der Waals surface area contributed by atoms with Crippen LogP contribution in [0.1, 0.15) is 38.5 Å². The fraction of sp³-hybridized carbons (Fsp3) is 0.156. The number of nitrogens with one attached hydrogen (secondary N) is 1. The SMILES string of the molecule is COc1ccccc1N1C(=O)[C@@H]2[C@@H](C1=O)C1c3ccccc3C2(/C=N\NC(=O)c2cccnc2)c2ccccc21. The van der Waals surface area contributed by atoms with Crippen LogP contribution in [-0.4, -0.2) is 36.0 Å². The third-order valence-corrected chi connectivity index (χ3v) is 8.37. The highest BCUT2D eigenvalue weighted by Gasteiger charge is 2.68. The number of carbonyl (C=O) groups excluding carboxylic acids is 3. The number of hydrogen-bond donors (Lipinski definition) is 1. The number of para-hydroxylation sites is 2. The van der Waals surface area contributed by atoms with Crippen molar-refractivity contribution in [1.29, 1.82) is 0 Å². The number of hydrogen-bond acceptors (Lipinski definition) is 6. The molecule has 4 aromatic rings. The number of amides is 3. The molecular weight excluding hydrogens is 504 g/mol. The number of benzene rings is 3. The average molecular weight is 529 g/mol. The van der Waals surface area contributed by atoms with E-state index in [0.717, 1.165) is 22.3 Å². The van der Waals surface area contributed by atoms with Gasteiger partial charge in [0.05, 0.1) is 35.6 Å². The number of rotatable bonds is 5. The summed E-state index contributed by atoms with van der Waals surface area (Å²) >= 11 is 0. The Morgan fingerprint density at radius 3 is 2.27 bits per heavy atom. The van der Waals surface area contributed by atoms with Crippen molar-refractivity contribution < 1.29 is 19.1 Å². The van der Waals surface area contributed by atoms with Crippen LogP contribution in [0, 0.1) is 11.8 Å². The summed E-state index contributed by atoms with van der Waals surface area (Å²) in [5, 5.41) is 4.43. The number of nitrogens with zero attached hydrogens (tertiary/aromatic N) is 3. The maximum atomic E-state index is 14.4. The van der Waals surface area contributed by atoms with Crippen LogP contribution in [0.2, 0.25) is 0 Å². The van der Waals surface area contributed by atoms with Gasteiger partial charge in [0.2, 0.25) is 11.8 Å². The topological polar surface area (TPSA) is 101 Å². The van der Waals surface area contributed by atoms with Gasteiger partial charge in [-0.15, -0.1) is 0 Å². The monoisotopic (exact) mass is 528 g/mol. The molecule has 4 aliphatic rings. The van der Waals surface area contributed by atoms with Crippen molar-refractivity contribution in [3.63, 3.8) is 0 Å². The number of carbonyl (C=O) groups is 3. The Balaban J connectivity index is 1.42. The van der Waals surface area contributed by atoms with E-state index in [9.17, 15) is 14.4 Å². The lowest BCUT2D eigenvalue weighted by molar-refractivity contribution is -0.122. The van der Waals surface area contributed by atoms with Gasteiger partial charge in [-0.2, -0.15) is 5.10 Å². The summed E-state index contributed by atoms with van der Waals surface area (Å²) in [6.45, 7) is 0. The molecule has 40 heavy (non-hydrogen) atoms. The van der Waals surface area contributed by atoms with Gasteiger partial charge in [0.1, 0.15) is 5.75 Å². The van der Waals surface area contributed by atoms with Gasteiger partial charge in [-0.05, 0) is 46.5 Å². The maximum Gasteiger partial charge on any atom is 0.272 e. The van der Waals surface area contributed by atoms with Crippen LogP contribution < -0.4 is 15.1 Å². The first-order valence-electron chi connectivity index (χ1n) is 13.0. The van der Waals surface area contributed by atoms with Crippen molar-refractivity contribution in [2.24, 2.45) is 16.9 Å². The summed E-state index contributed by atoms with van der Waals surface area (Å²) in [6, 6.07) is 26.2. The van der Waals surface area contributed by atoms with Crippen LogP contribution >= 0.6 is 0 Å². The quantitative estimate of drug-likeness (QED) is 0.239. The Hall–Kier alpha value is -5.11. The van der Waals surface area contributed by atoms with Crippen LogP contribution in [0.5, 0.6) is 5.75 Å². The lowest BCUT2D eigenvalue weighted by Gasteiger charge is -2.52. The van der Waals surface area contributed by atoms with Crippen LogP contribution in [0.4, 0.5) is 5.69 Å². The second-order valence-electron chi connectivity index (χ2n) is 10.1. The Labute approximate surface area is 230 Å². The highest BCUT2D eigenvalue weighted by molar-refractivity contribution is 6.25. The molecule has 0 spiro atoms. The van der Waals surface area contributed by atoms with Crippen LogP contribution in [0.3, 0.4) is 0 Å². The largest absolute Gasteiger partial charge is 0.495 e. The van der Waals surface area contributed by atoms with Gasteiger partial charge >= 0.3 is 0 Å². The van der Waals surface area contributed by atoms with E-state index in [-0.39, 0.29) is 17.7 Å². The molecule has 1 N–H and O–H groups in total. The normalized spacial score (nSPS) is 24.0. The first-order chi connectivity index (χ1) is 19.6. The third kappa shape index (κ3) is 3.16. The molecule has 1 aromatic heterocycles. The summed E-state index contributed by atoms with van der Waals surface area (Å²) in [7, 11) is 1.52. The molecule has 3 aromatic carbocycles. The molecule has 196 valence electrons. The molecule has 2 bridgehead atoms. The maximum absolute atomic E-state index is 14.4. The molecule has 1 fully saturated rings. The average Bonchev–Trinajstić information content (AvgIpc) is 3.28. The number of methoxy groups -OCH3 is 1. The van der Waals surface area contributed by atoms with Gasteiger partial charge in [0.25, 0.3) is 5.91 Å². The van der Waals surface area contributed by atoms with E-state index in [4.69, 9.17) is 4.74 Å². The zero-order chi connectivity index (χ0) is 27.4. The van der Waals surface area contributed by atoms with Gasteiger partial charge < -0.3 is 4.74 Å². The summed E-state index contributed by atoms with van der Waals surface area (Å²) in [4.78, 5) is 46.8. The second kappa shape index (κ2) is 8.98. The van der Waals surface area contributed by atoms with Crippen molar-refractivity contribution in [3.05, 3.63) is 125 Å². The van der Waals surface area contributed by atoms with Crippen molar-refractivity contribution in [2.75, 3.05) is 12.0 Å². The van der Waals surface area contributed by atoms with Crippen molar-refractivity contribution >= 4 is 29.6 Å². The van der Waals surface area contributed by atoms with Crippen LogP contribution in [-0.2, 0) is 15.0 Å². The molecule has 2 heterocycles. The highest BCUT2D eigenvalue weighted by Crippen LogP contribution is 2.63. The van der Waals surface area contributed by atoms with E-state index in [0.29, 0.717) is 17.0 Å². The molecular formula is C32H24N4O4. The Bertz CT molecular complexity index is 1670. The number of hydrazone groups is 1. The van der Waals surface area contributed by atoms with E-state index in [1.165, 1.54) is 18.2 Å². The summed E-state index contributed by atoms with van der Waals surface area (Å²) in [5.74, 6) is -2.29. The predicted molar refractivity (Wildman–Crippen MR) is 148 cm³/mol. The van der Waals surface area contributed by atoms with E-state index in [1.807, 2.05) is 48.5 Å². The van der Waals surface area contributed by atoms with Gasteiger partial charge in [-0.1, -0.05) is 60.7 Å². The number of pyridine rings is 1. The zero-order valence-corrected chi connectivity index (χ0v) is 21.5. The van der Waals surface area contributed by atoms with Gasteiger partial charge in [-0.25, -0.2) is 10.3 Å². The standard InChI is InChI=1S/C32H24N4O4/c1-40-25-15-7-6-14-24(25)36-30(38)27-26-20-10-2-4-12-22(20)32(28(27)31(36)39,23-13-5-3-11-21(23)26)18-34-35-29(37)19-9-8-16-33-17-19/h2-18,26-28H,1H3,(H,35,37)/b34-18-/t26?,27-,28-,32?/m0/s1. The molecule has 2 atom stereocenters. The predicted octanol–water partition coefficient (Wildman–Crippen LogP) is 4.06. The summed E-state index contributed by atoms with van der Waals surface area (Å²) < 4.78 is 5.53. The number of anilines is 1. The summed E-state index contributed by atoms with van der Waals surface area (Å²) in [6.07, 6.45) is 4.69. The molecule has 0 unspecified atom stereocenters. The Morgan fingerprint density at radius 2 is 1.60 bits per heavy atom. The first kappa shape index (κ1) is 24.0. The van der Waals surface area contributed by atoms with E-state index < -0.39 is 23.2 Å². The second-order valence-corrected chi connectivity index (χ2v) is 10.1. The molecule has 3 amide bonds. The van der Waals surface area contributed by atoms with E-state index >= 15 is 0 Å². The molecule has 0 saturated carbocycles.